The third-order valence-corrected chi connectivity index (χ3v) is 9.59. The van der Waals surface area contributed by atoms with Crippen LogP contribution in [0.15, 0.2) is 145 Å². The Labute approximate surface area is 273 Å². The first-order chi connectivity index (χ1) is 25.7. The van der Waals surface area contributed by atoms with Crippen LogP contribution in [0.25, 0.3) is 86.8 Å². The number of thiophene rings is 1. The predicted octanol–water partition coefficient (Wildman–Crippen LogP) is 10.7. The highest BCUT2D eigenvalue weighted by atomic mass is 32.1. The molecular weight excluding hydrogens is 569 g/mol. The minimum absolute atomic E-state index is 0.0217. The fourth-order valence-corrected chi connectivity index (χ4v) is 7.68. The van der Waals surface area contributed by atoms with Crippen LogP contribution >= 0.6 is 11.3 Å². The summed E-state index contributed by atoms with van der Waals surface area (Å²) in [6, 6.07) is 28.2. The van der Waals surface area contributed by atoms with Gasteiger partial charge in [-0.1, -0.05) is 109 Å². The van der Waals surface area contributed by atoms with Gasteiger partial charge in [0.05, 0.1) is 54.6 Å². The predicted molar refractivity (Wildman–Crippen MR) is 189 cm³/mol. The molecule has 0 spiro atoms. The third-order valence-electron chi connectivity index (χ3n) is 8.42. The van der Waals surface area contributed by atoms with Gasteiger partial charge >= 0.3 is 0 Å². The third kappa shape index (κ3) is 3.47. The lowest BCUT2D eigenvalue weighted by Crippen LogP contribution is -2.04. The molecule has 0 aliphatic carbocycles. The quantitative estimate of drug-likeness (QED) is 0.202. The molecule has 0 unspecified atom stereocenters. The smallest absolute Gasteiger partial charge is 0.235 e. The summed E-state index contributed by atoms with van der Waals surface area (Å²) in [4.78, 5) is 10.6. The van der Waals surface area contributed by atoms with Gasteiger partial charge in [0.1, 0.15) is 0 Å². The normalized spacial score (nSPS) is 14.5. The highest BCUT2D eigenvalue weighted by Crippen LogP contribution is 2.42. The van der Waals surface area contributed by atoms with Crippen LogP contribution in [-0.2, 0) is 0 Å². The van der Waals surface area contributed by atoms with E-state index in [0.717, 1.165) is 42.1 Å². The van der Waals surface area contributed by atoms with E-state index in [9.17, 15) is 0 Å². The van der Waals surface area contributed by atoms with Gasteiger partial charge in [-0.2, -0.15) is 0 Å². The van der Waals surface area contributed by atoms with Gasteiger partial charge in [0.15, 0.2) is 0 Å². The van der Waals surface area contributed by atoms with Crippen molar-refractivity contribution in [2.75, 3.05) is 0 Å². The second kappa shape index (κ2) is 9.36. The molecule has 10 rings (SSSR count). The molecule has 0 fully saturated rings. The van der Waals surface area contributed by atoms with Gasteiger partial charge in [0, 0.05) is 37.2 Å². The molecule has 10 aromatic rings. The van der Waals surface area contributed by atoms with Gasteiger partial charge in [-0.15, -0.1) is 11.3 Å². The first-order valence-electron chi connectivity index (χ1n) is 18.5. The summed E-state index contributed by atoms with van der Waals surface area (Å²) in [6.07, 6.45) is 0. The van der Waals surface area contributed by atoms with Crippen molar-refractivity contribution in [2.45, 2.75) is 0 Å². The average molecular weight is 601 g/mol. The zero-order valence-corrected chi connectivity index (χ0v) is 24.3. The second-order valence-electron chi connectivity index (χ2n) is 10.8. The molecule has 210 valence electrons. The summed E-state index contributed by atoms with van der Waals surface area (Å²) in [5.41, 5.74) is 4.31. The van der Waals surface area contributed by atoms with E-state index in [-0.39, 0.29) is 46.0 Å². The van der Waals surface area contributed by atoms with E-state index in [1.807, 2.05) is 72.8 Å². The Morgan fingerprint density at radius 2 is 1.09 bits per heavy atom. The van der Waals surface area contributed by atoms with E-state index >= 15 is 0 Å². The number of benzene rings is 6. The van der Waals surface area contributed by atoms with Crippen molar-refractivity contribution in [3.8, 4) is 22.9 Å². The summed E-state index contributed by atoms with van der Waals surface area (Å²) in [5.74, 6) is 0.439. The number of rotatable bonds is 3. The number of fused-ring (bicyclic) bond motifs is 9. The number of hydrogen-bond acceptors (Lipinski definition) is 3. The average Bonchev–Trinajstić information content (AvgIpc) is 3.86. The number of para-hydroxylation sites is 5. The Morgan fingerprint density at radius 1 is 0.511 bits per heavy atom. The number of aromatic nitrogens is 4. The van der Waals surface area contributed by atoms with Gasteiger partial charge in [0.2, 0.25) is 5.95 Å². The molecule has 6 aromatic carbocycles. The first-order valence-corrected chi connectivity index (χ1v) is 15.3. The van der Waals surface area contributed by atoms with Gasteiger partial charge in [-0.3, -0.25) is 4.57 Å². The summed E-state index contributed by atoms with van der Waals surface area (Å²) < 4.78 is 75.7. The molecule has 45 heavy (non-hydrogen) atoms. The standard InChI is InChI=1S/C40H24N4S/c1-7-19-31-25(13-1)26-14-2-8-20-32(26)43(31)35-23-11-5-17-29(35)37-39-38(30-18-6-12-24-36(30)45-39)42-40(41-37)44-33-21-9-3-15-27(33)28-16-4-10-22-34(28)44/h1-24H/i1D,2D,7D,8D,13D,14D,19D,20D. The van der Waals surface area contributed by atoms with Crippen molar-refractivity contribution in [3.63, 3.8) is 0 Å². The second-order valence-corrected chi connectivity index (χ2v) is 11.9. The van der Waals surface area contributed by atoms with Crippen molar-refractivity contribution in [2.24, 2.45) is 0 Å². The number of hydrogen-bond donors (Lipinski definition) is 0. The first kappa shape index (κ1) is 18.1. The molecule has 4 nitrogen and oxygen atoms in total. The van der Waals surface area contributed by atoms with Crippen LogP contribution in [0.1, 0.15) is 11.0 Å². The molecule has 0 saturated carbocycles. The highest BCUT2D eigenvalue weighted by Gasteiger charge is 2.22. The van der Waals surface area contributed by atoms with Crippen LogP contribution in [0, 0.1) is 0 Å². The minimum Gasteiger partial charge on any atom is -0.309 e. The molecule has 4 heterocycles. The van der Waals surface area contributed by atoms with Crippen LogP contribution in [0.3, 0.4) is 0 Å². The minimum atomic E-state index is -0.485. The molecule has 4 aromatic heterocycles. The number of nitrogens with zero attached hydrogens (tertiary/aromatic N) is 4. The lowest BCUT2D eigenvalue weighted by molar-refractivity contribution is 1.02. The Bertz CT molecular complexity index is 3110. The zero-order chi connectivity index (χ0) is 36.4. The zero-order valence-electron chi connectivity index (χ0n) is 31.4. The van der Waals surface area contributed by atoms with Crippen LogP contribution in [-0.4, -0.2) is 19.1 Å². The SMILES string of the molecule is [2H]c1c([2H])c([2H])c2c(c1[2H])c1c([2H])c([2H])c([2H])c([2H])c1n2-c1ccccc1-c1nc(-n2c3ccccc3c3ccccc32)nc2c1sc1ccccc12. The molecule has 0 saturated heterocycles. The van der Waals surface area contributed by atoms with Crippen LogP contribution in [0.5, 0.6) is 0 Å². The molecular formula is C40H24N4S. The summed E-state index contributed by atoms with van der Waals surface area (Å²) in [6.45, 7) is 0. The fourth-order valence-electron chi connectivity index (χ4n) is 6.53. The summed E-state index contributed by atoms with van der Waals surface area (Å²) in [7, 11) is 0. The van der Waals surface area contributed by atoms with Crippen LogP contribution in [0.4, 0.5) is 0 Å². The molecule has 0 atom stereocenters. The molecule has 0 aliphatic rings. The fraction of sp³-hybridized carbons (Fsp3) is 0. The van der Waals surface area contributed by atoms with Crippen LogP contribution in [0.2, 0.25) is 0 Å². The topological polar surface area (TPSA) is 35.6 Å². The maximum Gasteiger partial charge on any atom is 0.235 e. The monoisotopic (exact) mass is 600 g/mol. The molecule has 5 heteroatoms. The lowest BCUT2D eigenvalue weighted by Gasteiger charge is -2.15. The van der Waals surface area contributed by atoms with Crippen LogP contribution < -0.4 is 0 Å². The molecule has 0 bridgehead atoms. The maximum absolute atomic E-state index is 9.10. The van der Waals surface area contributed by atoms with Crippen molar-refractivity contribution in [1.29, 1.82) is 0 Å². The van der Waals surface area contributed by atoms with Crippen molar-refractivity contribution in [1.82, 2.24) is 19.1 Å². The van der Waals surface area contributed by atoms with E-state index in [1.54, 1.807) is 28.0 Å². The highest BCUT2D eigenvalue weighted by molar-refractivity contribution is 7.26. The Kier molecular flexibility index (Phi) is 3.77. The van der Waals surface area contributed by atoms with E-state index in [2.05, 4.69) is 16.7 Å². The maximum atomic E-state index is 9.10. The summed E-state index contributed by atoms with van der Waals surface area (Å²) in [5, 5.41) is 3.10. The Balaban J connectivity index is 1.39. The van der Waals surface area contributed by atoms with E-state index in [0.29, 0.717) is 22.9 Å². The van der Waals surface area contributed by atoms with E-state index < -0.39 is 24.2 Å². The largest absolute Gasteiger partial charge is 0.309 e. The van der Waals surface area contributed by atoms with E-state index in [1.165, 1.54) is 0 Å². The van der Waals surface area contributed by atoms with Crippen molar-refractivity contribution >= 4 is 75.3 Å². The van der Waals surface area contributed by atoms with Crippen molar-refractivity contribution in [3.05, 3.63) is 145 Å². The van der Waals surface area contributed by atoms with Gasteiger partial charge in [-0.05, 0) is 36.4 Å². The van der Waals surface area contributed by atoms with Crippen molar-refractivity contribution < 1.29 is 11.0 Å². The Hall–Kier alpha value is -5.78. The van der Waals surface area contributed by atoms with Gasteiger partial charge in [-0.25, -0.2) is 9.97 Å². The molecule has 0 aliphatic heterocycles. The molecule has 0 radical (unpaired) electrons. The molecule has 0 amide bonds. The summed E-state index contributed by atoms with van der Waals surface area (Å²) >= 11 is 1.54. The van der Waals surface area contributed by atoms with E-state index in [4.69, 9.17) is 20.9 Å². The van der Waals surface area contributed by atoms with Gasteiger partial charge in [0.25, 0.3) is 0 Å². The Morgan fingerprint density at radius 3 is 1.80 bits per heavy atom. The van der Waals surface area contributed by atoms with Gasteiger partial charge < -0.3 is 4.57 Å². The molecule has 0 N–H and O–H groups in total. The lowest BCUT2D eigenvalue weighted by atomic mass is 10.1.